The second-order valence-corrected chi connectivity index (χ2v) is 5.63. The molecule has 1 heterocycles. The summed E-state index contributed by atoms with van der Waals surface area (Å²) in [6.07, 6.45) is 2.04. The Morgan fingerprint density at radius 3 is 2.95 bits per heavy atom. The maximum absolute atomic E-state index is 9.02. The summed E-state index contributed by atoms with van der Waals surface area (Å²) in [6.45, 7) is 2.50. The first kappa shape index (κ1) is 14.5. The van der Waals surface area contributed by atoms with Gasteiger partial charge in [0.1, 0.15) is 5.75 Å². The summed E-state index contributed by atoms with van der Waals surface area (Å²) in [5.74, 6) is 0.791. The van der Waals surface area contributed by atoms with Crippen molar-refractivity contribution in [3.05, 3.63) is 27.7 Å². The minimum absolute atomic E-state index is 0.120. The van der Waals surface area contributed by atoms with Gasteiger partial charge in [0.2, 0.25) is 0 Å². The Balaban J connectivity index is 2.16. The highest BCUT2D eigenvalue weighted by Gasteiger charge is 2.21. The van der Waals surface area contributed by atoms with Crippen molar-refractivity contribution >= 4 is 23.2 Å². The van der Waals surface area contributed by atoms with Gasteiger partial charge in [-0.2, -0.15) is 5.26 Å². The zero-order chi connectivity index (χ0) is 13.8. The lowest BCUT2D eigenvalue weighted by Crippen LogP contribution is -2.34. The predicted octanol–water partition coefficient (Wildman–Crippen LogP) is 3.74. The highest BCUT2D eigenvalue weighted by Crippen LogP contribution is 2.33. The molecule has 0 aromatic heterocycles. The van der Waals surface area contributed by atoms with Crippen molar-refractivity contribution in [1.29, 1.82) is 5.26 Å². The number of rotatable bonds is 3. The fourth-order valence-electron chi connectivity index (χ4n) is 2.51. The Morgan fingerprint density at radius 2 is 2.26 bits per heavy atom. The van der Waals surface area contributed by atoms with Gasteiger partial charge in [0.05, 0.1) is 24.1 Å². The monoisotopic (exact) mass is 298 g/mol. The van der Waals surface area contributed by atoms with Gasteiger partial charge in [0.15, 0.2) is 0 Å². The lowest BCUT2D eigenvalue weighted by atomic mass is 9.99. The first-order chi connectivity index (χ1) is 9.13. The largest absolute Gasteiger partial charge is 0.495 e. The van der Waals surface area contributed by atoms with Gasteiger partial charge >= 0.3 is 0 Å². The summed E-state index contributed by atoms with van der Waals surface area (Å²) in [5, 5.41) is 10.2. The van der Waals surface area contributed by atoms with Crippen LogP contribution in [0.25, 0.3) is 0 Å². The van der Waals surface area contributed by atoms with Crippen molar-refractivity contribution in [2.45, 2.75) is 19.4 Å². The Hall–Kier alpha value is -0.950. The first-order valence-corrected chi connectivity index (χ1v) is 7.03. The van der Waals surface area contributed by atoms with Crippen LogP contribution in [0.15, 0.2) is 12.1 Å². The third-order valence-corrected chi connectivity index (χ3v) is 3.87. The Morgan fingerprint density at radius 1 is 1.47 bits per heavy atom. The van der Waals surface area contributed by atoms with E-state index in [1.165, 1.54) is 0 Å². The number of ether oxygens (including phenoxy) is 1. The van der Waals surface area contributed by atoms with Crippen LogP contribution in [0.3, 0.4) is 0 Å². The van der Waals surface area contributed by atoms with Crippen LogP contribution in [0.5, 0.6) is 5.75 Å². The zero-order valence-electron chi connectivity index (χ0n) is 10.8. The van der Waals surface area contributed by atoms with Crippen molar-refractivity contribution in [3.8, 4) is 11.8 Å². The van der Waals surface area contributed by atoms with Crippen molar-refractivity contribution in [2.24, 2.45) is 5.92 Å². The van der Waals surface area contributed by atoms with E-state index in [0.29, 0.717) is 22.3 Å². The number of hydrogen-bond acceptors (Lipinski definition) is 3. The predicted molar refractivity (Wildman–Crippen MR) is 76.6 cm³/mol. The van der Waals surface area contributed by atoms with Gasteiger partial charge in [-0.1, -0.05) is 23.2 Å². The number of methoxy groups -OCH3 is 1. The van der Waals surface area contributed by atoms with Crippen LogP contribution in [0.1, 0.15) is 18.4 Å². The van der Waals surface area contributed by atoms with Gasteiger partial charge in [-0.25, -0.2) is 0 Å². The fraction of sp³-hybridized carbons (Fsp3) is 0.500. The molecule has 1 aromatic rings. The summed E-state index contributed by atoms with van der Waals surface area (Å²) in [4.78, 5) is 2.25. The van der Waals surface area contributed by atoms with Gasteiger partial charge in [0.25, 0.3) is 0 Å². The maximum atomic E-state index is 9.02. The van der Waals surface area contributed by atoms with Crippen LogP contribution in [-0.2, 0) is 6.54 Å². The van der Waals surface area contributed by atoms with E-state index in [2.05, 4.69) is 11.0 Å². The second kappa shape index (κ2) is 6.47. The van der Waals surface area contributed by atoms with Gasteiger partial charge in [-0.3, -0.25) is 4.90 Å². The highest BCUT2D eigenvalue weighted by atomic mass is 35.5. The number of likely N-dealkylation sites (tertiary alicyclic amines) is 1. The molecule has 1 atom stereocenters. The molecule has 2 rings (SSSR count). The van der Waals surface area contributed by atoms with Crippen LogP contribution in [0, 0.1) is 17.2 Å². The molecule has 102 valence electrons. The minimum Gasteiger partial charge on any atom is -0.495 e. The van der Waals surface area contributed by atoms with E-state index in [4.69, 9.17) is 33.2 Å². The molecule has 1 saturated heterocycles. The molecule has 1 aliphatic heterocycles. The maximum Gasteiger partial charge on any atom is 0.142 e. The van der Waals surface area contributed by atoms with Crippen molar-refractivity contribution in [3.63, 3.8) is 0 Å². The van der Waals surface area contributed by atoms with E-state index < -0.39 is 0 Å². The SMILES string of the molecule is COc1c(Cl)cc(Cl)cc1CN1CCC[C@H](C#N)C1. The van der Waals surface area contributed by atoms with E-state index in [0.717, 1.165) is 31.5 Å². The lowest BCUT2D eigenvalue weighted by Gasteiger charge is -2.30. The number of nitrogens with zero attached hydrogens (tertiary/aromatic N) is 2. The molecule has 19 heavy (non-hydrogen) atoms. The second-order valence-electron chi connectivity index (χ2n) is 4.78. The Bertz CT molecular complexity index is 499. The molecule has 1 aliphatic rings. The Kier molecular flexibility index (Phi) is 4.93. The number of hydrogen-bond donors (Lipinski definition) is 0. The van der Waals surface area contributed by atoms with Gasteiger partial charge in [-0.15, -0.1) is 0 Å². The van der Waals surface area contributed by atoms with E-state index >= 15 is 0 Å². The highest BCUT2D eigenvalue weighted by molar-refractivity contribution is 6.35. The summed E-state index contributed by atoms with van der Waals surface area (Å²) in [7, 11) is 1.60. The minimum atomic E-state index is 0.120. The third-order valence-electron chi connectivity index (χ3n) is 3.37. The van der Waals surface area contributed by atoms with Crippen molar-refractivity contribution < 1.29 is 4.74 Å². The molecule has 0 N–H and O–H groups in total. The van der Waals surface area contributed by atoms with Gasteiger partial charge < -0.3 is 4.74 Å². The summed E-state index contributed by atoms with van der Waals surface area (Å²) in [6, 6.07) is 5.90. The molecule has 0 amide bonds. The lowest BCUT2D eigenvalue weighted by molar-refractivity contribution is 0.190. The molecule has 5 heteroatoms. The van der Waals surface area contributed by atoms with Crippen LogP contribution in [-0.4, -0.2) is 25.1 Å². The third kappa shape index (κ3) is 3.54. The van der Waals surface area contributed by atoms with E-state index in [1.54, 1.807) is 13.2 Å². The average molecular weight is 299 g/mol. The quantitative estimate of drug-likeness (QED) is 0.853. The standard InChI is InChI=1S/C14H16Cl2N2O/c1-19-14-11(5-12(15)6-13(14)16)9-18-4-2-3-10(7-17)8-18/h5-6,10H,2-4,8-9H2,1H3/t10-/m1/s1. The Labute approximate surface area is 123 Å². The average Bonchev–Trinajstić information content (AvgIpc) is 2.38. The molecule has 1 fully saturated rings. The molecule has 0 spiro atoms. The molecule has 3 nitrogen and oxygen atoms in total. The first-order valence-electron chi connectivity index (χ1n) is 6.28. The van der Waals surface area contributed by atoms with E-state index in [-0.39, 0.29) is 5.92 Å². The fourth-order valence-corrected chi connectivity index (χ4v) is 3.12. The van der Waals surface area contributed by atoms with Crippen LogP contribution in [0.2, 0.25) is 10.0 Å². The summed E-state index contributed by atoms with van der Waals surface area (Å²) < 4.78 is 5.34. The molecule has 1 aromatic carbocycles. The number of benzene rings is 1. The summed E-state index contributed by atoms with van der Waals surface area (Å²) in [5.41, 5.74) is 0.971. The zero-order valence-corrected chi connectivity index (χ0v) is 12.3. The molecule has 0 bridgehead atoms. The van der Waals surface area contributed by atoms with Gasteiger partial charge in [0, 0.05) is 23.7 Å². The van der Waals surface area contributed by atoms with Crippen LogP contribution < -0.4 is 4.74 Å². The van der Waals surface area contributed by atoms with E-state index in [9.17, 15) is 0 Å². The smallest absolute Gasteiger partial charge is 0.142 e. The number of halogens is 2. The van der Waals surface area contributed by atoms with E-state index in [1.807, 2.05) is 6.07 Å². The normalized spacial score (nSPS) is 20.0. The summed E-state index contributed by atoms with van der Waals surface area (Å²) >= 11 is 12.2. The van der Waals surface area contributed by atoms with Gasteiger partial charge in [-0.05, 0) is 31.5 Å². The molecular weight excluding hydrogens is 283 g/mol. The van der Waals surface area contributed by atoms with Crippen molar-refractivity contribution in [2.75, 3.05) is 20.2 Å². The number of nitriles is 1. The molecule has 0 unspecified atom stereocenters. The van der Waals surface area contributed by atoms with Crippen LogP contribution in [0.4, 0.5) is 0 Å². The molecular formula is C14H16Cl2N2O. The topological polar surface area (TPSA) is 36.3 Å². The van der Waals surface area contributed by atoms with Crippen LogP contribution >= 0.6 is 23.2 Å². The molecule has 0 radical (unpaired) electrons. The van der Waals surface area contributed by atoms with Crippen molar-refractivity contribution in [1.82, 2.24) is 4.90 Å². The molecule has 0 saturated carbocycles. The number of piperidine rings is 1. The molecule has 0 aliphatic carbocycles.